The zero-order chi connectivity index (χ0) is 14.4. The van der Waals surface area contributed by atoms with E-state index in [1.165, 1.54) is 10.9 Å². The summed E-state index contributed by atoms with van der Waals surface area (Å²) in [7, 11) is 1.76. The highest BCUT2D eigenvalue weighted by atomic mass is 32.1. The van der Waals surface area contributed by atoms with Gasteiger partial charge in [-0.2, -0.15) is 0 Å². The molecule has 0 amide bonds. The van der Waals surface area contributed by atoms with Gasteiger partial charge in [0, 0.05) is 7.05 Å². The molecule has 3 heterocycles. The fraction of sp³-hybridized carbons (Fsp3) is 0.545. The summed E-state index contributed by atoms with van der Waals surface area (Å²) in [6.45, 7) is -0.379. The molecule has 0 spiro atoms. The number of rotatable bonds is 2. The van der Waals surface area contributed by atoms with Crippen LogP contribution in [0.1, 0.15) is 6.23 Å². The Bertz CT molecular complexity index is 699. The van der Waals surface area contributed by atoms with Crippen molar-refractivity contribution in [1.29, 1.82) is 0 Å². The van der Waals surface area contributed by atoms with E-state index in [0.29, 0.717) is 15.8 Å². The van der Waals surface area contributed by atoms with E-state index < -0.39 is 24.5 Å². The lowest BCUT2D eigenvalue weighted by Gasteiger charge is -2.16. The third-order valence-corrected chi connectivity index (χ3v) is 3.92. The van der Waals surface area contributed by atoms with Gasteiger partial charge in [-0.25, -0.2) is 9.97 Å². The largest absolute Gasteiger partial charge is 0.394 e. The topological polar surface area (TPSA) is 106 Å². The second kappa shape index (κ2) is 4.86. The number of aliphatic hydroxyl groups excluding tert-OH is 3. The van der Waals surface area contributed by atoms with Gasteiger partial charge >= 0.3 is 0 Å². The molecule has 4 atom stereocenters. The fourth-order valence-corrected chi connectivity index (χ4v) is 2.48. The predicted molar refractivity (Wildman–Crippen MR) is 70.3 cm³/mol. The molecule has 1 aliphatic heterocycles. The first kappa shape index (κ1) is 13.6. The molecule has 20 heavy (non-hydrogen) atoms. The van der Waals surface area contributed by atoms with Crippen molar-refractivity contribution in [2.45, 2.75) is 24.5 Å². The van der Waals surface area contributed by atoms with E-state index in [2.05, 4.69) is 9.97 Å². The van der Waals surface area contributed by atoms with Crippen LogP contribution in [0.15, 0.2) is 12.7 Å². The minimum Gasteiger partial charge on any atom is -0.394 e. The Hall–Kier alpha value is -1.39. The molecule has 9 heteroatoms. The average Bonchev–Trinajstić information content (AvgIpc) is 2.98. The third-order valence-electron chi connectivity index (χ3n) is 3.44. The summed E-state index contributed by atoms with van der Waals surface area (Å²) < 4.78 is 9.13. The van der Waals surface area contributed by atoms with Crippen LogP contribution in [0.3, 0.4) is 0 Å². The molecule has 3 rings (SSSR count). The molecule has 8 nitrogen and oxygen atoms in total. The van der Waals surface area contributed by atoms with Crippen LogP contribution in [0.5, 0.6) is 0 Å². The number of hydrogen-bond acceptors (Lipinski definition) is 7. The number of hydrogen-bond donors (Lipinski definition) is 3. The smallest absolute Gasteiger partial charge is 0.166 e. The van der Waals surface area contributed by atoms with Crippen molar-refractivity contribution in [3.8, 4) is 0 Å². The number of ether oxygens (including phenoxy) is 1. The van der Waals surface area contributed by atoms with Gasteiger partial charge in [-0.3, -0.25) is 4.57 Å². The maximum absolute atomic E-state index is 10.0. The molecule has 2 aromatic rings. The Kier molecular flexibility index (Phi) is 3.30. The molecule has 3 N–H and O–H groups in total. The lowest BCUT2D eigenvalue weighted by molar-refractivity contribution is -0.0511. The first-order valence-corrected chi connectivity index (χ1v) is 6.46. The molecule has 0 aromatic carbocycles. The summed E-state index contributed by atoms with van der Waals surface area (Å²) in [6.07, 6.45) is -1.03. The molecule has 0 bridgehead atoms. The van der Waals surface area contributed by atoms with Crippen LogP contribution in [-0.2, 0) is 11.8 Å². The van der Waals surface area contributed by atoms with E-state index >= 15 is 0 Å². The van der Waals surface area contributed by atoms with E-state index in [-0.39, 0.29) is 6.61 Å². The van der Waals surface area contributed by atoms with Gasteiger partial charge in [0.05, 0.1) is 19.3 Å². The average molecular weight is 298 g/mol. The first-order valence-electron chi connectivity index (χ1n) is 6.05. The molecule has 0 saturated carbocycles. The minimum absolute atomic E-state index is 0.379. The maximum Gasteiger partial charge on any atom is 0.166 e. The van der Waals surface area contributed by atoms with E-state index in [9.17, 15) is 10.2 Å². The SMILES string of the molecule is Cn1cnc2c(ncn2[C@@H]2O[C@H](CO)[C@@H](O)[C@H]2O)c1=S. The zero-order valence-corrected chi connectivity index (χ0v) is 11.4. The molecule has 0 aliphatic carbocycles. The van der Waals surface area contributed by atoms with Crippen molar-refractivity contribution in [3.05, 3.63) is 17.3 Å². The van der Waals surface area contributed by atoms with E-state index in [0.717, 1.165) is 0 Å². The summed E-state index contributed by atoms with van der Waals surface area (Å²) in [6, 6.07) is 0. The van der Waals surface area contributed by atoms with Crippen LogP contribution in [0.4, 0.5) is 0 Å². The van der Waals surface area contributed by atoms with E-state index in [4.69, 9.17) is 22.1 Å². The Balaban J connectivity index is 2.08. The van der Waals surface area contributed by atoms with E-state index in [1.807, 2.05) is 0 Å². The lowest BCUT2D eigenvalue weighted by Crippen LogP contribution is -2.33. The molecule has 0 unspecified atom stereocenters. The quantitative estimate of drug-likeness (QED) is 0.618. The van der Waals surface area contributed by atoms with Crippen LogP contribution in [-0.4, -0.2) is 59.3 Å². The first-order chi connectivity index (χ1) is 9.54. The Morgan fingerprint density at radius 2 is 2.05 bits per heavy atom. The fourth-order valence-electron chi connectivity index (χ4n) is 2.29. The molecule has 1 aliphatic rings. The third kappa shape index (κ3) is 1.86. The van der Waals surface area contributed by atoms with Gasteiger partial charge in [-0.15, -0.1) is 0 Å². The summed E-state index contributed by atoms with van der Waals surface area (Å²) in [4.78, 5) is 8.39. The van der Waals surface area contributed by atoms with Gasteiger partial charge in [0.15, 0.2) is 11.9 Å². The van der Waals surface area contributed by atoms with Gasteiger partial charge in [0.2, 0.25) is 0 Å². The molecule has 0 radical (unpaired) electrons. The molecule has 108 valence electrons. The van der Waals surface area contributed by atoms with Crippen molar-refractivity contribution in [3.63, 3.8) is 0 Å². The standard InChI is InChI=1S/C11H14N4O4S/c1-14-3-13-9-6(11(14)20)12-4-15(9)10-8(18)7(17)5(2-16)19-10/h3-5,7-8,10,16-18H,2H2,1H3/t5-,7-,8-,10-/m1/s1. The predicted octanol–water partition coefficient (Wildman–Crippen LogP) is -0.889. The second-order valence-electron chi connectivity index (χ2n) is 4.71. The monoisotopic (exact) mass is 298 g/mol. The summed E-state index contributed by atoms with van der Waals surface area (Å²) >= 11 is 5.24. The van der Waals surface area contributed by atoms with Crippen LogP contribution in [0.2, 0.25) is 0 Å². The molecule has 1 fully saturated rings. The highest BCUT2D eigenvalue weighted by Gasteiger charge is 2.43. The molecule has 1 saturated heterocycles. The number of aromatic nitrogens is 4. The molecule has 2 aromatic heterocycles. The second-order valence-corrected chi connectivity index (χ2v) is 5.10. The summed E-state index contributed by atoms with van der Waals surface area (Å²) in [5, 5.41) is 28.9. The Labute approximate surface area is 118 Å². The van der Waals surface area contributed by atoms with Crippen LogP contribution < -0.4 is 0 Å². The van der Waals surface area contributed by atoms with Crippen molar-refractivity contribution < 1.29 is 20.1 Å². The molecular formula is C11H14N4O4S. The van der Waals surface area contributed by atoms with Crippen molar-refractivity contribution in [2.24, 2.45) is 7.05 Å². The van der Waals surface area contributed by atoms with Gasteiger partial charge < -0.3 is 24.6 Å². The number of aliphatic hydroxyl groups is 3. The van der Waals surface area contributed by atoms with Crippen LogP contribution >= 0.6 is 12.2 Å². The summed E-state index contributed by atoms with van der Waals surface area (Å²) in [5.41, 5.74) is 0.977. The van der Waals surface area contributed by atoms with Gasteiger partial charge in [0.25, 0.3) is 0 Å². The number of aryl methyl sites for hydroxylation is 1. The Morgan fingerprint density at radius 3 is 2.70 bits per heavy atom. The normalized spacial score (nSPS) is 30.2. The number of fused-ring (bicyclic) bond motifs is 1. The van der Waals surface area contributed by atoms with Crippen LogP contribution in [0.25, 0.3) is 11.2 Å². The van der Waals surface area contributed by atoms with Crippen molar-refractivity contribution in [1.82, 2.24) is 19.1 Å². The summed E-state index contributed by atoms with van der Waals surface area (Å²) in [5.74, 6) is 0. The van der Waals surface area contributed by atoms with Crippen LogP contribution in [0, 0.1) is 4.64 Å². The number of nitrogens with zero attached hydrogens (tertiary/aromatic N) is 4. The zero-order valence-electron chi connectivity index (χ0n) is 10.6. The van der Waals surface area contributed by atoms with Crippen molar-refractivity contribution >= 4 is 23.4 Å². The highest BCUT2D eigenvalue weighted by Crippen LogP contribution is 2.31. The van der Waals surface area contributed by atoms with Gasteiger partial charge in [-0.05, 0) is 0 Å². The van der Waals surface area contributed by atoms with Gasteiger partial charge in [0.1, 0.15) is 28.5 Å². The Morgan fingerprint density at radius 1 is 1.30 bits per heavy atom. The maximum atomic E-state index is 10.0. The number of imidazole rings is 1. The lowest BCUT2D eigenvalue weighted by atomic mass is 10.1. The minimum atomic E-state index is -1.17. The van der Waals surface area contributed by atoms with Gasteiger partial charge in [-0.1, -0.05) is 12.2 Å². The molecular weight excluding hydrogens is 284 g/mol. The highest BCUT2D eigenvalue weighted by molar-refractivity contribution is 7.71. The van der Waals surface area contributed by atoms with Crippen molar-refractivity contribution in [2.75, 3.05) is 6.61 Å². The van der Waals surface area contributed by atoms with E-state index in [1.54, 1.807) is 17.9 Å².